The third-order valence-electron chi connectivity index (χ3n) is 3.16. The van der Waals surface area contributed by atoms with Crippen molar-refractivity contribution in [1.82, 2.24) is 0 Å². The molecular formula is C13H19ClO. The van der Waals surface area contributed by atoms with Crippen molar-refractivity contribution >= 4 is 11.6 Å². The lowest BCUT2D eigenvalue weighted by atomic mass is 9.75. The van der Waals surface area contributed by atoms with E-state index in [2.05, 4.69) is 13.8 Å². The minimum atomic E-state index is -0.0840. The van der Waals surface area contributed by atoms with Gasteiger partial charge in [-0.15, -0.1) is 0 Å². The van der Waals surface area contributed by atoms with Gasteiger partial charge in [-0.2, -0.15) is 0 Å². The molecule has 0 saturated carbocycles. The molecule has 1 rings (SSSR count). The van der Waals surface area contributed by atoms with E-state index in [0.717, 1.165) is 24.3 Å². The van der Waals surface area contributed by atoms with E-state index in [1.54, 1.807) is 0 Å². The van der Waals surface area contributed by atoms with Crippen LogP contribution in [0.4, 0.5) is 0 Å². The van der Waals surface area contributed by atoms with E-state index in [1.165, 1.54) is 5.56 Å². The predicted molar refractivity (Wildman–Crippen MR) is 65.4 cm³/mol. The maximum atomic E-state index is 9.60. The van der Waals surface area contributed by atoms with Gasteiger partial charge in [0.2, 0.25) is 0 Å². The van der Waals surface area contributed by atoms with E-state index in [0.29, 0.717) is 0 Å². The first-order valence-electron chi connectivity index (χ1n) is 5.55. The minimum Gasteiger partial charge on any atom is -0.395 e. The Morgan fingerprint density at radius 1 is 1.20 bits per heavy atom. The van der Waals surface area contributed by atoms with Crippen LogP contribution in [0.2, 0.25) is 5.02 Å². The predicted octanol–water partition coefficient (Wildman–Crippen LogP) is 3.78. The van der Waals surface area contributed by atoms with Crippen LogP contribution in [0.3, 0.4) is 0 Å². The average Bonchev–Trinajstić information content (AvgIpc) is 2.27. The smallest absolute Gasteiger partial charge is 0.0527 e. The first-order valence-corrected chi connectivity index (χ1v) is 5.93. The summed E-state index contributed by atoms with van der Waals surface area (Å²) in [6, 6.07) is 7.84. The Balaban J connectivity index is 3.02. The van der Waals surface area contributed by atoms with Crippen LogP contribution < -0.4 is 0 Å². The van der Waals surface area contributed by atoms with Crippen LogP contribution in [0.15, 0.2) is 24.3 Å². The highest BCUT2D eigenvalue weighted by Crippen LogP contribution is 2.33. The molecule has 1 nitrogen and oxygen atoms in total. The summed E-state index contributed by atoms with van der Waals surface area (Å²) in [5, 5.41) is 10.3. The molecule has 0 radical (unpaired) electrons. The second kappa shape index (κ2) is 5.53. The van der Waals surface area contributed by atoms with Crippen molar-refractivity contribution in [2.45, 2.75) is 38.5 Å². The standard InChI is InChI=1S/C13H19ClO/c1-3-9-13(4-2,10-15)11-5-7-12(14)8-6-11/h5-8,15H,3-4,9-10H2,1-2H3. The highest BCUT2D eigenvalue weighted by Gasteiger charge is 2.28. The first-order chi connectivity index (χ1) is 7.18. The van der Waals surface area contributed by atoms with E-state index in [-0.39, 0.29) is 12.0 Å². The third kappa shape index (κ3) is 2.73. The Morgan fingerprint density at radius 3 is 2.20 bits per heavy atom. The Bertz CT molecular complexity index is 288. The highest BCUT2D eigenvalue weighted by molar-refractivity contribution is 6.30. The molecule has 0 fully saturated rings. The molecule has 0 amide bonds. The second-order valence-electron chi connectivity index (χ2n) is 4.05. The van der Waals surface area contributed by atoms with Gasteiger partial charge < -0.3 is 5.11 Å². The molecule has 0 heterocycles. The third-order valence-corrected chi connectivity index (χ3v) is 3.42. The number of aliphatic hydroxyl groups is 1. The zero-order valence-corrected chi connectivity index (χ0v) is 10.2. The van der Waals surface area contributed by atoms with Crippen LogP contribution in [0, 0.1) is 0 Å². The van der Waals surface area contributed by atoms with E-state index >= 15 is 0 Å². The quantitative estimate of drug-likeness (QED) is 0.810. The molecule has 1 aromatic carbocycles. The average molecular weight is 227 g/mol. The van der Waals surface area contributed by atoms with Crippen molar-refractivity contribution in [2.75, 3.05) is 6.61 Å². The summed E-state index contributed by atoms with van der Waals surface area (Å²) in [5.74, 6) is 0. The number of hydrogen-bond donors (Lipinski definition) is 1. The molecule has 0 spiro atoms. The molecule has 0 bridgehead atoms. The summed E-state index contributed by atoms with van der Waals surface area (Å²) >= 11 is 5.86. The zero-order chi connectivity index (χ0) is 11.3. The molecule has 0 saturated heterocycles. The molecule has 0 aliphatic heterocycles. The van der Waals surface area contributed by atoms with Gasteiger partial charge in [0.25, 0.3) is 0 Å². The van der Waals surface area contributed by atoms with Gasteiger partial charge in [0.15, 0.2) is 0 Å². The maximum absolute atomic E-state index is 9.60. The lowest BCUT2D eigenvalue weighted by Gasteiger charge is -2.31. The highest BCUT2D eigenvalue weighted by atomic mass is 35.5. The molecule has 1 N–H and O–H groups in total. The van der Waals surface area contributed by atoms with Gasteiger partial charge in [-0.05, 0) is 30.5 Å². The van der Waals surface area contributed by atoms with Crippen LogP contribution in [0.5, 0.6) is 0 Å². The fraction of sp³-hybridized carbons (Fsp3) is 0.538. The summed E-state index contributed by atoms with van der Waals surface area (Å²) in [6.07, 6.45) is 3.05. The molecule has 1 atom stereocenters. The molecule has 0 aromatic heterocycles. The molecular weight excluding hydrogens is 208 g/mol. The summed E-state index contributed by atoms with van der Waals surface area (Å²) in [5.41, 5.74) is 1.11. The number of hydrogen-bond acceptors (Lipinski definition) is 1. The maximum Gasteiger partial charge on any atom is 0.0527 e. The van der Waals surface area contributed by atoms with E-state index in [1.807, 2.05) is 24.3 Å². The van der Waals surface area contributed by atoms with Crippen LogP contribution in [-0.4, -0.2) is 11.7 Å². The largest absolute Gasteiger partial charge is 0.395 e. The van der Waals surface area contributed by atoms with E-state index in [4.69, 9.17) is 11.6 Å². The Kier molecular flexibility index (Phi) is 4.62. The van der Waals surface area contributed by atoms with Gasteiger partial charge in [0, 0.05) is 10.4 Å². The number of aliphatic hydroxyl groups excluding tert-OH is 1. The minimum absolute atomic E-state index is 0.0840. The number of rotatable bonds is 5. The fourth-order valence-electron chi connectivity index (χ4n) is 2.09. The molecule has 15 heavy (non-hydrogen) atoms. The fourth-order valence-corrected chi connectivity index (χ4v) is 2.22. The molecule has 84 valence electrons. The summed E-state index contributed by atoms with van der Waals surface area (Å²) in [7, 11) is 0. The van der Waals surface area contributed by atoms with Gasteiger partial charge in [-0.1, -0.05) is 44.0 Å². The van der Waals surface area contributed by atoms with E-state index in [9.17, 15) is 5.11 Å². The molecule has 1 unspecified atom stereocenters. The Morgan fingerprint density at radius 2 is 1.80 bits per heavy atom. The van der Waals surface area contributed by atoms with Gasteiger partial charge in [-0.3, -0.25) is 0 Å². The van der Waals surface area contributed by atoms with Gasteiger partial charge >= 0.3 is 0 Å². The lowest BCUT2D eigenvalue weighted by Crippen LogP contribution is -2.29. The van der Waals surface area contributed by atoms with Crippen molar-refractivity contribution in [3.8, 4) is 0 Å². The lowest BCUT2D eigenvalue weighted by molar-refractivity contribution is 0.177. The van der Waals surface area contributed by atoms with Gasteiger partial charge in [-0.25, -0.2) is 0 Å². The van der Waals surface area contributed by atoms with Crippen molar-refractivity contribution in [1.29, 1.82) is 0 Å². The number of halogens is 1. The van der Waals surface area contributed by atoms with Crippen LogP contribution in [0.25, 0.3) is 0 Å². The zero-order valence-electron chi connectivity index (χ0n) is 9.46. The van der Waals surface area contributed by atoms with Crippen molar-refractivity contribution in [2.24, 2.45) is 0 Å². The Labute approximate surface area is 97.1 Å². The normalized spacial score (nSPS) is 14.9. The molecule has 2 heteroatoms. The monoisotopic (exact) mass is 226 g/mol. The van der Waals surface area contributed by atoms with Crippen LogP contribution >= 0.6 is 11.6 Å². The first kappa shape index (κ1) is 12.5. The van der Waals surface area contributed by atoms with Crippen molar-refractivity contribution in [3.63, 3.8) is 0 Å². The van der Waals surface area contributed by atoms with E-state index < -0.39 is 0 Å². The van der Waals surface area contributed by atoms with Gasteiger partial charge in [0.1, 0.15) is 0 Å². The number of benzene rings is 1. The molecule has 0 aliphatic carbocycles. The summed E-state index contributed by atoms with van der Waals surface area (Å²) < 4.78 is 0. The summed E-state index contributed by atoms with van der Waals surface area (Å²) in [4.78, 5) is 0. The van der Waals surface area contributed by atoms with Crippen LogP contribution in [0.1, 0.15) is 38.7 Å². The molecule has 1 aromatic rings. The van der Waals surface area contributed by atoms with Gasteiger partial charge in [0.05, 0.1) is 6.61 Å². The SMILES string of the molecule is CCCC(CC)(CO)c1ccc(Cl)cc1. The van der Waals surface area contributed by atoms with Crippen molar-refractivity contribution < 1.29 is 5.11 Å². The van der Waals surface area contributed by atoms with Crippen LogP contribution in [-0.2, 0) is 5.41 Å². The van der Waals surface area contributed by atoms with Crippen molar-refractivity contribution in [3.05, 3.63) is 34.9 Å². The molecule has 0 aliphatic rings. The Hall–Kier alpha value is -0.530. The topological polar surface area (TPSA) is 20.2 Å². The second-order valence-corrected chi connectivity index (χ2v) is 4.49. The summed E-state index contributed by atoms with van der Waals surface area (Å²) in [6.45, 7) is 4.48.